The number of amides is 1. The van der Waals surface area contributed by atoms with E-state index in [-0.39, 0.29) is 23.2 Å². The molecule has 1 N–H and O–H groups in total. The van der Waals surface area contributed by atoms with Crippen molar-refractivity contribution in [2.75, 3.05) is 23.3 Å². The molecule has 6 nitrogen and oxygen atoms in total. The molecule has 154 valence electrons. The zero-order valence-electron chi connectivity index (χ0n) is 16.7. The SMILES string of the molecule is Cc1ccccc1NC(=O)C1CCCN(c2ccc(=O)n(-c3ccc(F)cc3)n2)C1. The average Bonchev–Trinajstić information content (AvgIpc) is 2.76. The van der Waals surface area contributed by atoms with Crippen LogP contribution in [0.15, 0.2) is 65.5 Å². The summed E-state index contributed by atoms with van der Waals surface area (Å²) in [6, 6.07) is 16.4. The van der Waals surface area contributed by atoms with Crippen molar-refractivity contribution in [1.82, 2.24) is 9.78 Å². The lowest BCUT2D eigenvalue weighted by molar-refractivity contribution is -0.120. The minimum atomic E-state index is -0.374. The van der Waals surface area contributed by atoms with E-state index in [1.54, 1.807) is 6.07 Å². The van der Waals surface area contributed by atoms with E-state index in [9.17, 15) is 14.0 Å². The molecule has 1 aliphatic heterocycles. The van der Waals surface area contributed by atoms with Crippen molar-refractivity contribution in [2.45, 2.75) is 19.8 Å². The van der Waals surface area contributed by atoms with E-state index < -0.39 is 0 Å². The molecule has 0 spiro atoms. The van der Waals surface area contributed by atoms with Crippen LogP contribution in [0.4, 0.5) is 15.9 Å². The minimum absolute atomic E-state index is 0.0131. The average molecular weight is 406 g/mol. The van der Waals surface area contributed by atoms with Crippen LogP contribution in [0.3, 0.4) is 0 Å². The molecule has 1 aliphatic rings. The number of aryl methyl sites for hydroxylation is 1. The number of carbonyl (C=O) groups excluding carboxylic acids is 1. The predicted molar refractivity (Wildman–Crippen MR) is 115 cm³/mol. The maximum atomic E-state index is 13.2. The standard InChI is InChI=1S/C23H23FN4O2/c1-16-5-2-3-7-20(16)25-23(30)17-6-4-14-27(15-17)21-12-13-22(29)28(26-21)19-10-8-18(24)9-11-19/h2-3,5,7-13,17H,4,6,14-15H2,1H3,(H,25,30). The van der Waals surface area contributed by atoms with Gasteiger partial charge in [-0.3, -0.25) is 9.59 Å². The summed E-state index contributed by atoms with van der Waals surface area (Å²) in [7, 11) is 0. The molecule has 1 fully saturated rings. The summed E-state index contributed by atoms with van der Waals surface area (Å²) >= 11 is 0. The maximum absolute atomic E-state index is 13.2. The van der Waals surface area contributed by atoms with E-state index in [0.29, 0.717) is 18.1 Å². The van der Waals surface area contributed by atoms with Gasteiger partial charge in [0.05, 0.1) is 11.6 Å². The van der Waals surface area contributed by atoms with Gasteiger partial charge in [-0.1, -0.05) is 18.2 Å². The number of piperidine rings is 1. The van der Waals surface area contributed by atoms with Crippen LogP contribution in [0.2, 0.25) is 0 Å². The number of rotatable bonds is 4. The summed E-state index contributed by atoms with van der Waals surface area (Å²) in [5.74, 6) is 0.0565. The van der Waals surface area contributed by atoms with Crippen LogP contribution in [0.5, 0.6) is 0 Å². The zero-order valence-corrected chi connectivity index (χ0v) is 16.7. The number of carbonyl (C=O) groups is 1. The number of nitrogens with one attached hydrogen (secondary N) is 1. The van der Waals surface area contributed by atoms with Crippen LogP contribution < -0.4 is 15.8 Å². The first-order valence-corrected chi connectivity index (χ1v) is 9.99. The molecule has 3 aromatic rings. The fourth-order valence-electron chi connectivity index (χ4n) is 3.68. The van der Waals surface area contributed by atoms with Crippen molar-refractivity contribution in [3.05, 3.63) is 82.4 Å². The van der Waals surface area contributed by atoms with Gasteiger partial charge in [0.1, 0.15) is 11.6 Å². The fourth-order valence-corrected chi connectivity index (χ4v) is 3.68. The lowest BCUT2D eigenvalue weighted by Gasteiger charge is -2.33. The van der Waals surface area contributed by atoms with Crippen LogP contribution in [0.25, 0.3) is 5.69 Å². The molecular formula is C23H23FN4O2. The molecule has 4 rings (SSSR count). The highest BCUT2D eigenvalue weighted by molar-refractivity contribution is 5.93. The summed E-state index contributed by atoms with van der Waals surface area (Å²) in [5.41, 5.74) is 2.04. The molecule has 0 bridgehead atoms. The van der Waals surface area contributed by atoms with Crippen LogP contribution in [-0.2, 0) is 4.79 Å². The molecule has 2 aromatic carbocycles. The highest BCUT2D eigenvalue weighted by Gasteiger charge is 2.27. The van der Waals surface area contributed by atoms with Crippen molar-refractivity contribution in [3.8, 4) is 5.69 Å². The Morgan fingerprint density at radius 3 is 2.63 bits per heavy atom. The lowest BCUT2D eigenvalue weighted by Crippen LogP contribution is -2.41. The van der Waals surface area contributed by atoms with Crippen molar-refractivity contribution < 1.29 is 9.18 Å². The molecule has 30 heavy (non-hydrogen) atoms. The van der Waals surface area contributed by atoms with Gasteiger partial charge in [0.2, 0.25) is 5.91 Å². The lowest BCUT2D eigenvalue weighted by atomic mass is 9.97. The maximum Gasteiger partial charge on any atom is 0.271 e. The first-order chi connectivity index (χ1) is 14.5. The van der Waals surface area contributed by atoms with Gasteiger partial charge >= 0.3 is 0 Å². The third kappa shape index (κ3) is 4.25. The molecule has 1 aromatic heterocycles. The number of hydrogen-bond acceptors (Lipinski definition) is 4. The van der Waals surface area contributed by atoms with E-state index in [1.165, 1.54) is 35.0 Å². The van der Waals surface area contributed by atoms with E-state index in [1.807, 2.05) is 36.1 Å². The Bertz CT molecular complexity index is 1110. The quantitative estimate of drug-likeness (QED) is 0.720. The van der Waals surface area contributed by atoms with Gasteiger partial charge in [-0.25, -0.2) is 4.39 Å². The summed E-state index contributed by atoms with van der Waals surface area (Å²) < 4.78 is 14.5. The Balaban J connectivity index is 1.52. The molecule has 7 heteroatoms. The molecule has 0 aliphatic carbocycles. The van der Waals surface area contributed by atoms with Crippen molar-refractivity contribution in [2.24, 2.45) is 5.92 Å². The Hall–Kier alpha value is -3.48. The van der Waals surface area contributed by atoms with E-state index >= 15 is 0 Å². The second-order valence-electron chi connectivity index (χ2n) is 7.51. The van der Waals surface area contributed by atoms with Crippen LogP contribution in [0.1, 0.15) is 18.4 Å². The van der Waals surface area contributed by atoms with Crippen LogP contribution in [0, 0.1) is 18.7 Å². The first kappa shape index (κ1) is 19.8. The highest BCUT2D eigenvalue weighted by Crippen LogP contribution is 2.23. The largest absolute Gasteiger partial charge is 0.354 e. The number of nitrogens with zero attached hydrogens (tertiary/aromatic N) is 3. The summed E-state index contributed by atoms with van der Waals surface area (Å²) in [6.45, 7) is 3.24. The first-order valence-electron chi connectivity index (χ1n) is 9.99. The van der Waals surface area contributed by atoms with Gasteiger partial charge in [-0.2, -0.15) is 4.68 Å². The number of halogens is 1. The predicted octanol–water partition coefficient (Wildman–Crippen LogP) is 3.54. The molecule has 0 saturated carbocycles. The summed E-state index contributed by atoms with van der Waals surface area (Å²) in [4.78, 5) is 27.1. The number of anilines is 2. The van der Waals surface area contributed by atoms with Gasteiger partial charge in [0.25, 0.3) is 5.56 Å². The molecule has 1 atom stereocenters. The Labute approximate surface area is 174 Å². The van der Waals surface area contributed by atoms with Gasteiger partial charge in [-0.15, -0.1) is 5.10 Å². The fraction of sp³-hybridized carbons (Fsp3) is 0.261. The second kappa shape index (κ2) is 8.49. The monoisotopic (exact) mass is 406 g/mol. The highest BCUT2D eigenvalue weighted by atomic mass is 19.1. The molecular weight excluding hydrogens is 383 g/mol. The third-order valence-electron chi connectivity index (χ3n) is 5.38. The zero-order chi connectivity index (χ0) is 21.1. The number of benzene rings is 2. The molecule has 1 saturated heterocycles. The van der Waals surface area contributed by atoms with E-state index in [2.05, 4.69) is 10.4 Å². The number of hydrogen-bond donors (Lipinski definition) is 1. The molecule has 1 amide bonds. The second-order valence-corrected chi connectivity index (χ2v) is 7.51. The number of aromatic nitrogens is 2. The normalized spacial score (nSPS) is 16.3. The van der Waals surface area contributed by atoms with Gasteiger partial charge in [0.15, 0.2) is 0 Å². The summed E-state index contributed by atoms with van der Waals surface area (Å²) in [6.07, 6.45) is 1.65. The Morgan fingerprint density at radius 2 is 1.87 bits per heavy atom. The molecule has 2 heterocycles. The Morgan fingerprint density at radius 1 is 1.10 bits per heavy atom. The van der Waals surface area contributed by atoms with Gasteiger partial charge in [0, 0.05) is 24.8 Å². The topological polar surface area (TPSA) is 67.2 Å². The van der Waals surface area contributed by atoms with E-state index in [4.69, 9.17) is 0 Å². The van der Waals surface area contributed by atoms with Crippen molar-refractivity contribution >= 4 is 17.4 Å². The van der Waals surface area contributed by atoms with Crippen LogP contribution >= 0.6 is 0 Å². The smallest absolute Gasteiger partial charge is 0.271 e. The third-order valence-corrected chi connectivity index (χ3v) is 5.38. The van der Waals surface area contributed by atoms with Gasteiger partial charge in [-0.05, 0) is 61.7 Å². The van der Waals surface area contributed by atoms with E-state index in [0.717, 1.165) is 30.6 Å². The van der Waals surface area contributed by atoms with Crippen molar-refractivity contribution in [3.63, 3.8) is 0 Å². The van der Waals surface area contributed by atoms with Crippen LogP contribution in [-0.4, -0.2) is 28.8 Å². The van der Waals surface area contributed by atoms with Crippen molar-refractivity contribution in [1.29, 1.82) is 0 Å². The molecule has 0 radical (unpaired) electrons. The summed E-state index contributed by atoms with van der Waals surface area (Å²) in [5, 5.41) is 7.49. The van der Waals surface area contributed by atoms with Gasteiger partial charge < -0.3 is 10.2 Å². The molecule has 1 unspecified atom stereocenters. The Kier molecular flexibility index (Phi) is 5.61. The number of para-hydroxylation sites is 1. The minimum Gasteiger partial charge on any atom is -0.354 e.